The molecule has 0 atom stereocenters. The number of methoxy groups -OCH3 is 1. The fourth-order valence-corrected chi connectivity index (χ4v) is 2.33. The summed E-state index contributed by atoms with van der Waals surface area (Å²) in [4.78, 5) is 0. The quantitative estimate of drug-likeness (QED) is 0.785. The van der Waals surface area contributed by atoms with Crippen LogP contribution in [0.4, 0.5) is 0 Å². The summed E-state index contributed by atoms with van der Waals surface area (Å²) in [7, 11) is 1.64. The van der Waals surface area contributed by atoms with Crippen LogP contribution < -0.4 is 10.1 Å². The highest BCUT2D eigenvalue weighted by molar-refractivity contribution is 5.41. The van der Waals surface area contributed by atoms with Gasteiger partial charge in [0.2, 0.25) is 0 Å². The molecule has 0 unspecified atom stereocenters. The minimum atomic E-state index is 0.344. The molecule has 1 saturated heterocycles. The number of rotatable bonds is 5. The summed E-state index contributed by atoms with van der Waals surface area (Å²) in [5.41, 5.74) is 1.04. The lowest BCUT2D eigenvalue weighted by Gasteiger charge is -2.23. The molecule has 0 amide bonds. The summed E-state index contributed by atoms with van der Waals surface area (Å²) in [6.45, 7) is 3.10. The zero-order chi connectivity index (χ0) is 12.8. The summed E-state index contributed by atoms with van der Waals surface area (Å²) in [5, 5.41) is 13.4. The Morgan fingerprint density at radius 3 is 2.72 bits per heavy atom. The molecule has 0 aliphatic carbocycles. The zero-order valence-electron chi connectivity index (χ0n) is 10.8. The van der Waals surface area contributed by atoms with Crippen molar-refractivity contribution in [2.75, 3.05) is 33.4 Å². The van der Waals surface area contributed by atoms with Crippen molar-refractivity contribution in [1.82, 2.24) is 5.32 Å². The third-order valence-corrected chi connectivity index (χ3v) is 3.34. The first-order valence-electron chi connectivity index (χ1n) is 6.46. The van der Waals surface area contributed by atoms with Crippen LogP contribution >= 0.6 is 0 Å². The van der Waals surface area contributed by atoms with Crippen LogP contribution in [0.5, 0.6) is 11.5 Å². The summed E-state index contributed by atoms with van der Waals surface area (Å²) in [6.07, 6.45) is 2.16. The number of phenolic OH excluding ortho intramolecular Hbond substituents is 1. The van der Waals surface area contributed by atoms with E-state index in [-0.39, 0.29) is 0 Å². The van der Waals surface area contributed by atoms with Gasteiger partial charge in [-0.25, -0.2) is 0 Å². The Labute approximate surface area is 108 Å². The van der Waals surface area contributed by atoms with E-state index in [1.807, 2.05) is 12.1 Å². The first-order chi connectivity index (χ1) is 8.81. The van der Waals surface area contributed by atoms with Crippen LogP contribution in [0.1, 0.15) is 24.3 Å². The molecule has 0 bridgehead atoms. The van der Waals surface area contributed by atoms with Gasteiger partial charge in [-0.3, -0.25) is 0 Å². The standard InChI is InChI=1S/C14H21NO3/c1-17-8-9-18-12-2-3-13(14(16)10-12)11-4-6-15-7-5-11/h2-3,10-11,15-16H,4-9H2,1H3. The maximum Gasteiger partial charge on any atom is 0.123 e. The molecule has 1 aromatic carbocycles. The lowest BCUT2D eigenvalue weighted by molar-refractivity contribution is 0.146. The zero-order valence-corrected chi connectivity index (χ0v) is 10.8. The maximum absolute atomic E-state index is 10.1. The van der Waals surface area contributed by atoms with E-state index in [1.54, 1.807) is 13.2 Å². The van der Waals surface area contributed by atoms with Crippen LogP contribution in [0.15, 0.2) is 18.2 Å². The number of nitrogens with one attached hydrogen (secondary N) is 1. The first kappa shape index (κ1) is 13.2. The molecule has 0 radical (unpaired) electrons. The Kier molecular flexibility index (Phi) is 4.84. The number of hydrogen-bond donors (Lipinski definition) is 2. The van der Waals surface area contributed by atoms with Gasteiger partial charge < -0.3 is 19.9 Å². The number of phenols is 1. The van der Waals surface area contributed by atoms with E-state index < -0.39 is 0 Å². The predicted octanol–water partition coefficient (Wildman–Crippen LogP) is 1.88. The summed E-state index contributed by atoms with van der Waals surface area (Å²) in [6, 6.07) is 5.60. The molecule has 4 heteroatoms. The van der Waals surface area contributed by atoms with Crippen LogP contribution in [0.3, 0.4) is 0 Å². The molecule has 1 aliphatic rings. The second-order valence-corrected chi connectivity index (χ2v) is 4.59. The van der Waals surface area contributed by atoms with Gasteiger partial charge in [-0.15, -0.1) is 0 Å². The normalized spacial score (nSPS) is 16.7. The highest BCUT2D eigenvalue weighted by Crippen LogP contribution is 2.34. The van der Waals surface area contributed by atoms with Gasteiger partial charge in [-0.1, -0.05) is 6.07 Å². The third-order valence-electron chi connectivity index (χ3n) is 3.34. The van der Waals surface area contributed by atoms with Crippen molar-refractivity contribution in [1.29, 1.82) is 0 Å². The Morgan fingerprint density at radius 2 is 2.06 bits per heavy atom. The van der Waals surface area contributed by atoms with E-state index >= 15 is 0 Å². The SMILES string of the molecule is COCCOc1ccc(C2CCNCC2)c(O)c1. The average Bonchev–Trinajstić information content (AvgIpc) is 2.40. The molecule has 100 valence electrons. The van der Waals surface area contributed by atoms with Gasteiger partial charge in [0, 0.05) is 13.2 Å². The van der Waals surface area contributed by atoms with Crippen LogP contribution in [0, 0.1) is 0 Å². The van der Waals surface area contributed by atoms with Gasteiger partial charge in [0.15, 0.2) is 0 Å². The van der Waals surface area contributed by atoms with Crippen molar-refractivity contribution in [3.05, 3.63) is 23.8 Å². The van der Waals surface area contributed by atoms with Gasteiger partial charge >= 0.3 is 0 Å². The average molecular weight is 251 g/mol. The number of benzene rings is 1. The van der Waals surface area contributed by atoms with E-state index in [2.05, 4.69) is 5.32 Å². The van der Waals surface area contributed by atoms with E-state index in [1.165, 1.54) is 0 Å². The minimum Gasteiger partial charge on any atom is -0.508 e. The Morgan fingerprint density at radius 1 is 1.28 bits per heavy atom. The molecule has 0 spiro atoms. The molecule has 2 rings (SSSR count). The Hall–Kier alpha value is -1.26. The highest BCUT2D eigenvalue weighted by Gasteiger charge is 2.18. The van der Waals surface area contributed by atoms with Crippen molar-refractivity contribution in [3.8, 4) is 11.5 Å². The molecule has 2 N–H and O–H groups in total. The van der Waals surface area contributed by atoms with E-state index in [9.17, 15) is 5.11 Å². The van der Waals surface area contributed by atoms with Crippen LogP contribution in [-0.4, -0.2) is 38.5 Å². The number of ether oxygens (including phenoxy) is 2. The van der Waals surface area contributed by atoms with Crippen molar-refractivity contribution < 1.29 is 14.6 Å². The van der Waals surface area contributed by atoms with Gasteiger partial charge in [-0.2, -0.15) is 0 Å². The maximum atomic E-state index is 10.1. The Balaban J connectivity index is 2.00. The molecule has 0 aromatic heterocycles. The number of hydrogen-bond acceptors (Lipinski definition) is 4. The van der Waals surface area contributed by atoms with Crippen molar-refractivity contribution in [2.45, 2.75) is 18.8 Å². The topological polar surface area (TPSA) is 50.7 Å². The fraction of sp³-hybridized carbons (Fsp3) is 0.571. The van der Waals surface area contributed by atoms with Crippen molar-refractivity contribution in [2.24, 2.45) is 0 Å². The highest BCUT2D eigenvalue weighted by atomic mass is 16.5. The monoisotopic (exact) mass is 251 g/mol. The smallest absolute Gasteiger partial charge is 0.123 e. The summed E-state index contributed by atoms with van der Waals surface area (Å²) >= 11 is 0. The molecule has 4 nitrogen and oxygen atoms in total. The fourth-order valence-electron chi connectivity index (χ4n) is 2.33. The molecular formula is C14H21NO3. The van der Waals surface area contributed by atoms with Crippen LogP contribution in [-0.2, 0) is 4.74 Å². The molecule has 1 aromatic rings. The lowest BCUT2D eigenvalue weighted by atomic mass is 9.89. The van der Waals surface area contributed by atoms with Gasteiger partial charge in [-0.05, 0) is 43.5 Å². The van der Waals surface area contributed by atoms with Crippen molar-refractivity contribution in [3.63, 3.8) is 0 Å². The van der Waals surface area contributed by atoms with Gasteiger partial charge in [0.25, 0.3) is 0 Å². The molecule has 1 fully saturated rings. The van der Waals surface area contributed by atoms with Crippen LogP contribution in [0.25, 0.3) is 0 Å². The minimum absolute atomic E-state index is 0.344. The predicted molar refractivity (Wildman–Crippen MR) is 70.3 cm³/mol. The second kappa shape index (κ2) is 6.61. The second-order valence-electron chi connectivity index (χ2n) is 4.59. The number of aromatic hydroxyl groups is 1. The largest absolute Gasteiger partial charge is 0.508 e. The third kappa shape index (κ3) is 3.37. The molecular weight excluding hydrogens is 230 g/mol. The van der Waals surface area contributed by atoms with Crippen LogP contribution in [0.2, 0.25) is 0 Å². The van der Waals surface area contributed by atoms with Gasteiger partial charge in [0.1, 0.15) is 18.1 Å². The van der Waals surface area contributed by atoms with Gasteiger partial charge in [0.05, 0.1) is 6.61 Å². The molecule has 0 saturated carbocycles. The van der Waals surface area contributed by atoms with Crippen molar-refractivity contribution >= 4 is 0 Å². The first-order valence-corrected chi connectivity index (χ1v) is 6.46. The van der Waals surface area contributed by atoms with E-state index in [0.29, 0.717) is 30.6 Å². The van der Waals surface area contributed by atoms with E-state index in [0.717, 1.165) is 31.5 Å². The molecule has 1 aliphatic heterocycles. The summed E-state index contributed by atoms with van der Waals surface area (Å²) < 4.78 is 10.4. The number of piperidine rings is 1. The lowest BCUT2D eigenvalue weighted by Crippen LogP contribution is -2.26. The Bertz CT molecular complexity index is 375. The summed E-state index contributed by atoms with van der Waals surface area (Å²) in [5.74, 6) is 1.50. The van der Waals surface area contributed by atoms with E-state index in [4.69, 9.17) is 9.47 Å². The molecule has 18 heavy (non-hydrogen) atoms. The molecule has 1 heterocycles.